The predicted molar refractivity (Wildman–Crippen MR) is 41.9 cm³/mol. The third kappa shape index (κ3) is 7.50. The lowest BCUT2D eigenvalue weighted by molar-refractivity contribution is 0.112. The van der Waals surface area contributed by atoms with Gasteiger partial charge in [-0.2, -0.15) is 0 Å². The van der Waals surface area contributed by atoms with Crippen molar-refractivity contribution >= 4 is 0 Å². The molecule has 0 saturated carbocycles. The first-order chi connectivity index (χ1) is 4.91. The lowest BCUT2D eigenvalue weighted by atomic mass is 10.5. The van der Waals surface area contributed by atoms with Gasteiger partial charge in [0, 0.05) is 19.6 Å². The summed E-state index contributed by atoms with van der Waals surface area (Å²) in [7, 11) is 0. The maximum Gasteiger partial charge on any atom is 0.0895 e. The SMILES string of the molecule is C=COCCCOCCC. The summed E-state index contributed by atoms with van der Waals surface area (Å²) in [5, 5.41) is 0. The van der Waals surface area contributed by atoms with Gasteiger partial charge in [0.2, 0.25) is 0 Å². The second kappa shape index (κ2) is 8.50. The Hall–Kier alpha value is -0.500. The molecule has 0 rings (SSSR count). The Balaban J connectivity index is 2.70. The van der Waals surface area contributed by atoms with Gasteiger partial charge in [0.05, 0.1) is 12.9 Å². The largest absolute Gasteiger partial charge is 0.502 e. The molecule has 0 aliphatic heterocycles. The van der Waals surface area contributed by atoms with E-state index in [-0.39, 0.29) is 0 Å². The van der Waals surface area contributed by atoms with Crippen LogP contribution >= 0.6 is 0 Å². The van der Waals surface area contributed by atoms with Crippen LogP contribution in [0.15, 0.2) is 12.8 Å². The van der Waals surface area contributed by atoms with Crippen molar-refractivity contribution in [1.29, 1.82) is 0 Å². The van der Waals surface area contributed by atoms with Gasteiger partial charge in [-0.25, -0.2) is 0 Å². The van der Waals surface area contributed by atoms with E-state index in [2.05, 4.69) is 13.5 Å². The summed E-state index contributed by atoms with van der Waals surface area (Å²) >= 11 is 0. The van der Waals surface area contributed by atoms with Crippen LogP contribution in [0.5, 0.6) is 0 Å². The topological polar surface area (TPSA) is 18.5 Å². The number of rotatable bonds is 7. The Morgan fingerprint density at radius 3 is 2.70 bits per heavy atom. The van der Waals surface area contributed by atoms with Crippen LogP contribution in [0.1, 0.15) is 19.8 Å². The Morgan fingerprint density at radius 2 is 2.10 bits per heavy atom. The van der Waals surface area contributed by atoms with Crippen LogP contribution in [0, 0.1) is 0 Å². The van der Waals surface area contributed by atoms with Crippen molar-refractivity contribution in [3.8, 4) is 0 Å². The van der Waals surface area contributed by atoms with Crippen molar-refractivity contribution < 1.29 is 9.47 Å². The summed E-state index contributed by atoms with van der Waals surface area (Å²) in [6.45, 7) is 7.89. The van der Waals surface area contributed by atoms with Crippen LogP contribution in [-0.4, -0.2) is 19.8 Å². The minimum atomic E-state index is 0.715. The Labute approximate surface area is 62.8 Å². The number of hydrogen-bond acceptors (Lipinski definition) is 2. The summed E-state index contributed by atoms with van der Waals surface area (Å²) in [5.41, 5.74) is 0. The van der Waals surface area contributed by atoms with E-state index >= 15 is 0 Å². The highest BCUT2D eigenvalue weighted by Crippen LogP contribution is 1.86. The molecule has 0 saturated heterocycles. The number of ether oxygens (including phenoxy) is 2. The van der Waals surface area contributed by atoms with Gasteiger partial charge in [-0.15, -0.1) is 0 Å². The molecular formula is C8H16O2. The van der Waals surface area contributed by atoms with E-state index < -0.39 is 0 Å². The standard InChI is InChI=1S/C8H16O2/c1-3-6-10-8-5-7-9-4-2/h4H,2-3,5-8H2,1H3. The summed E-state index contributed by atoms with van der Waals surface area (Å²) in [4.78, 5) is 0. The summed E-state index contributed by atoms with van der Waals surface area (Å²) in [6.07, 6.45) is 3.49. The van der Waals surface area contributed by atoms with Crippen LogP contribution in [0.4, 0.5) is 0 Å². The third-order valence-electron chi connectivity index (χ3n) is 1.02. The van der Waals surface area contributed by atoms with E-state index in [1.54, 1.807) is 0 Å². The van der Waals surface area contributed by atoms with Gasteiger partial charge in [-0.05, 0) is 6.42 Å². The van der Waals surface area contributed by atoms with Gasteiger partial charge in [0.25, 0.3) is 0 Å². The zero-order valence-corrected chi connectivity index (χ0v) is 6.64. The van der Waals surface area contributed by atoms with E-state index in [0.717, 1.165) is 26.1 Å². The zero-order chi connectivity index (χ0) is 7.66. The molecule has 0 amide bonds. The molecule has 2 nitrogen and oxygen atoms in total. The van der Waals surface area contributed by atoms with Crippen LogP contribution in [0.2, 0.25) is 0 Å². The predicted octanol–water partition coefficient (Wildman–Crippen LogP) is 1.96. The first-order valence-corrected chi connectivity index (χ1v) is 3.72. The molecule has 0 N–H and O–H groups in total. The van der Waals surface area contributed by atoms with Crippen LogP contribution in [0.25, 0.3) is 0 Å². The molecule has 0 unspecified atom stereocenters. The fourth-order valence-electron chi connectivity index (χ4n) is 0.574. The Bertz CT molecular complexity index is 71.7. The van der Waals surface area contributed by atoms with Gasteiger partial charge in [-0.3, -0.25) is 0 Å². The highest BCUT2D eigenvalue weighted by Gasteiger charge is 1.85. The Morgan fingerprint density at radius 1 is 1.30 bits per heavy atom. The highest BCUT2D eigenvalue weighted by molar-refractivity contribution is 4.48. The van der Waals surface area contributed by atoms with Gasteiger partial charge in [0.1, 0.15) is 0 Å². The Kier molecular flexibility index (Phi) is 8.07. The minimum absolute atomic E-state index is 0.715. The van der Waals surface area contributed by atoms with Gasteiger partial charge in [-0.1, -0.05) is 13.5 Å². The van der Waals surface area contributed by atoms with Crippen molar-refractivity contribution in [2.24, 2.45) is 0 Å². The maximum absolute atomic E-state index is 5.22. The van der Waals surface area contributed by atoms with Gasteiger partial charge < -0.3 is 9.47 Å². The smallest absolute Gasteiger partial charge is 0.0895 e. The van der Waals surface area contributed by atoms with Crippen molar-refractivity contribution in [2.45, 2.75) is 19.8 Å². The van der Waals surface area contributed by atoms with Gasteiger partial charge >= 0.3 is 0 Å². The van der Waals surface area contributed by atoms with E-state index in [1.807, 2.05) is 0 Å². The van der Waals surface area contributed by atoms with Crippen LogP contribution in [0.3, 0.4) is 0 Å². The molecule has 0 bridgehead atoms. The molecule has 2 heteroatoms. The monoisotopic (exact) mass is 144 g/mol. The lowest BCUT2D eigenvalue weighted by Gasteiger charge is -2.01. The zero-order valence-electron chi connectivity index (χ0n) is 6.64. The van der Waals surface area contributed by atoms with E-state index in [1.165, 1.54) is 6.26 Å². The molecule has 10 heavy (non-hydrogen) atoms. The molecule has 0 atom stereocenters. The van der Waals surface area contributed by atoms with Crippen molar-refractivity contribution in [3.05, 3.63) is 12.8 Å². The first kappa shape index (κ1) is 9.50. The molecular weight excluding hydrogens is 128 g/mol. The summed E-state index contributed by atoms with van der Waals surface area (Å²) in [6, 6.07) is 0. The summed E-state index contributed by atoms with van der Waals surface area (Å²) < 4.78 is 10.1. The minimum Gasteiger partial charge on any atom is -0.502 e. The second-order valence-corrected chi connectivity index (χ2v) is 2.00. The van der Waals surface area contributed by atoms with Crippen LogP contribution in [-0.2, 0) is 9.47 Å². The fraction of sp³-hybridized carbons (Fsp3) is 0.750. The van der Waals surface area contributed by atoms with Crippen molar-refractivity contribution in [3.63, 3.8) is 0 Å². The van der Waals surface area contributed by atoms with E-state index in [4.69, 9.17) is 9.47 Å². The van der Waals surface area contributed by atoms with E-state index in [0.29, 0.717) is 6.61 Å². The molecule has 0 aliphatic carbocycles. The maximum atomic E-state index is 5.22. The average molecular weight is 144 g/mol. The molecule has 0 aromatic rings. The quantitative estimate of drug-likeness (QED) is 0.401. The molecule has 0 radical (unpaired) electrons. The summed E-state index contributed by atoms with van der Waals surface area (Å²) in [5.74, 6) is 0. The van der Waals surface area contributed by atoms with Gasteiger partial charge in [0.15, 0.2) is 0 Å². The average Bonchev–Trinajstić information content (AvgIpc) is 1.97. The number of hydrogen-bond donors (Lipinski definition) is 0. The van der Waals surface area contributed by atoms with Crippen molar-refractivity contribution in [1.82, 2.24) is 0 Å². The van der Waals surface area contributed by atoms with E-state index in [9.17, 15) is 0 Å². The van der Waals surface area contributed by atoms with Crippen molar-refractivity contribution in [2.75, 3.05) is 19.8 Å². The molecule has 0 fully saturated rings. The third-order valence-corrected chi connectivity index (χ3v) is 1.02. The molecule has 0 aromatic heterocycles. The molecule has 0 heterocycles. The molecule has 60 valence electrons. The fourth-order valence-corrected chi connectivity index (χ4v) is 0.574. The van der Waals surface area contributed by atoms with Crippen LogP contribution < -0.4 is 0 Å². The first-order valence-electron chi connectivity index (χ1n) is 3.72. The molecule has 0 spiro atoms. The lowest BCUT2D eigenvalue weighted by Crippen LogP contribution is -1.98. The highest BCUT2D eigenvalue weighted by atomic mass is 16.5. The molecule has 0 aliphatic rings. The second-order valence-electron chi connectivity index (χ2n) is 2.00. The normalized spacial score (nSPS) is 9.30. The molecule has 0 aromatic carbocycles.